The van der Waals surface area contributed by atoms with Crippen LogP contribution >= 0.6 is 0 Å². The van der Waals surface area contributed by atoms with Crippen LogP contribution in [0.25, 0.3) is 0 Å². The predicted molar refractivity (Wildman–Crippen MR) is 62.8 cm³/mol. The number of aliphatic carboxylic acids is 1. The van der Waals surface area contributed by atoms with Crippen molar-refractivity contribution in [3.05, 3.63) is 18.2 Å². The summed E-state index contributed by atoms with van der Waals surface area (Å²) in [5, 5.41) is 14.7. The molecule has 2 heterocycles. The van der Waals surface area contributed by atoms with Crippen molar-refractivity contribution in [2.45, 2.75) is 18.9 Å². The first-order chi connectivity index (χ1) is 8.65. The number of carbonyl (C=O) groups is 2. The molecule has 1 fully saturated rings. The summed E-state index contributed by atoms with van der Waals surface area (Å²) in [6.45, 7) is 1.65. The maximum atomic E-state index is 11.7. The molecule has 0 spiro atoms. The van der Waals surface area contributed by atoms with E-state index in [1.54, 1.807) is 6.20 Å². The molecule has 98 valence electrons. The Labute approximate surface area is 104 Å². The van der Waals surface area contributed by atoms with E-state index >= 15 is 0 Å². The molecule has 1 saturated heterocycles. The zero-order chi connectivity index (χ0) is 13.0. The second-order valence-electron chi connectivity index (χ2n) is 4.47. The number of amides is 1. The fraction of sp³-hybridized carbons (Fsp3) is 0.545. The van der Waals surface area contributed by atoms with Crippen LogP contribution in [0.15, 0.2) is 12.5 Å². The minimum atomic E-state index is -1.04. The lowest BCUT2D eigenvalue weighted by Gasteiger charge is -2.26. The molecule has 0 aliphatic carbocycles. The highest BCUT2D eigenvalue weighted by molar-refractivity contribution is 5.83. The van der Waals surface area contributed by atoms with Gasteiger partial charge in [-0.2, -0.15) is 0 Å². The molecule has 0 bridgehead atoms. The molecule has 1 aromatic rings. The predicted octanol–water partition coefficient (Wildman–Crippen LogP) is -0.869. The quantitative estimate of drug-likeness (QED) is 0.526. The summed E-state index contributed by atoms with van der Waals surface area (Å²) in [6, 6.07) is -0.911. The van der Waals surface area contributed by atoms with Crippen LogP contribution in [0, 0.1) is 5.92 Å². The summed E-state index contributed by atoms with van der Waals surface area (Å²) in [7, 11) is 0. The molecule has 4 N–H and O–H groups in total. The van der Waals surface area contributed by atoms with Gasteiger partial charge in [-0.1, -0.05) is 0 Å². The molecule has 1 amide bonds. The number of carboxylic acid groups (broad SMARTS) is 1. The van der Waals surface area contributed by atoms with Gasteiger partial charge < -0.3 is 20.7 Å². The summed E-state index contributed by atoms with van der Waals surface area (Å²) < 4.78 is 0. The maximum Gasteiger partial charge on any atom is 0.326 e. The van der Waals surface area contributed by atoms with Crippen molar-refractivity contribution in [1.29, 1.82) is 0 Å². The topological polar surface area (TPSA) is 107 Å². The summed E-state index contributed by atoms with van der Waals surface area (Å²) in [4.78, 5) is 29.4. The van der Waals surface area contributed by atoms with E-state index in [9.17, 15) is 9.59 Å². The molecule has 2 rings (SSSR count). The van der Waals surface area contributed by atoms with Gasteiger partial charge in [0.05, 0.1) is 6.33 Å². The SMILES string of the molecule is O=C(CC1CNC1)N[C@H](Cc1cnc[nH]1)C(=O)O. The number of H-pyrrole nitrogens is 1. The Balaban J connectivity index is 1.85. The van der Waals surface area contributed by atoms with Gasteiger partial charge in [-0.25, -0.2) is 9.78 Å². The lowest BCUT2D eigenvalue weighted by Crippen LogP contribution is -2.47. The molecular weight excluding hydrogens is 236 g/mol. The first-order valence-corrected chi connectivity index (χ1v) is 5.85. The van der Waals surface area contributed by atoms with Gasteiger partial charge in [0, 0.05) is 24.7 Å². The van der Waals surface area contributed by atoms with Crippen LogP contribution in [-0.4, -0.2) is 46.1 Å². The monoisotopic (exact) mass is 252 g/mol. The Kier molecular flexibility index (Phi) is 3.93. The summed E-state index contributed by atoms with van der Waals surface area (Å²) in [5.41, 5.74) is 0.688. The summed E-state index contributed by atoms with van der Waals surface area (Å²) in [6.07, 6.45) is 3.62. The molecule has 0 unspecified atom stereocenters. The fourth-order valence-electron chi connectivity index (χ4n) is 1.82. The number of carbonyl (C=O) groups excluding carboxylic acids is 1. The highest BCUT2D eigenvalue weighted by Crippen LogP contribution is 2.08. The molecule has 0 saturated carbocycles. The normalized spacial score (nSPS) is 16.9. The van der Waals surface area contributed by atoms with Crippen molar-refractivity contribution in [2.75, 3.05) is 13.1 Å². The standard InChI is InChI=1S/C11H16N4O3/c16-10(1-7-3-12-4-7)15-9(11(17)18)2-8-5-13-6-14-8/h5-7,9,12H,1-4H2,(H,13,14)(H,15,16)(H,17,18)/t9-/m1/s1. The first kappa shape index (κ1) is 12.6. The van der Waals surface area contributed by atoms with Crippen molar-refractivity contribution >= 4 is 11.9 Å². The van der Waals surface area contributed by atoms with Crippen LogP contribution in [0.1, 0.15) is 12.1 Å². The van der Waals surface area contributed by atoms with Gasteiger partial charge in [-0.3, -0.25) is 4.79 Å². The molecule has 7 nitrogen and oxygen atoms in total. The van der Waals surface area contributed by atoms with Crippen molar-refractivity contribution in [3.8, 4) is 0 Å². The summed E-state index contributed by atoms with van der Waals surface area (Å²) in [5.74, 6) is -0.926. The minimum Gasteiger partial charge on any atom is -0.480 e. The third kappa shape index (κ3) is 3.30. The average Bonchev–Trinajstić information content (AvgIpc) is 2.75. The highest BCUT2D eigenvalue weighted by atomic mass is 16.4. The van der Waals surface area contributed by atoms with E-state index in [-0.39, 0.29) is 12.3 Å². The van der Waals surface area contributed by atoms with Gasteiger partial charge in [0.15, 0.2) is 0 Å². The molecular formula is C11H16N4O3. The van der Waals surface area contributed by atoms with Crippen LogP contribution in [0.4, 0.5) is 0 Å². The Morgan fingerprint density at radius 2 is 2.33 bits per heavy atom. The summed E-state index contributed by atoms with van der Waals surface area (Å²) >= 11 is 0. The number of rotatable bonds is 6. The number of nitrogens with one attached hydrogen (secondary N) is 3. The number of aromatic nitrogens is 2. The second kappa shape index (κ2) is 5.63. The molecule has 1 aliphatic rings. The van der Waals surface area contributed by atoms with Crippen LogP contribution in [0.3, 0.4) is 0 Å². The van der Waals surface area contributed by atoms with E-state index in [4.69, 9.17) is 5.11 Å². The van der Waals surface area contributed by atoms with Crippen LogP contribution < -0.4 is 10.6 Å². The Morgan fingerprint density at radius 3 is 2.83 bits per heavy atom. The van der Waals surface area contributed by atoms with Crippen molar-refractivity contribution < 1.29 is 14.7 Å². The zero-order valence-electron chi connectivity index (χ0n) is 9.85. The van der Waals surface area contributed by atoms with E-state index < -0.39 is 12.0 Å². The lowest BCUT2D eigenvalue weighted by molar-refractivity contribution is -0.142. The number of nitrogens with zero attached hydrogens (tertiary/aromatic N) is 1. The van der Waals surface area contributed by atoms with Crippen molar-refractivity contribution in [1.82, 2.24) is 20.6 Å². The van der Waals surface area contributed by atoms with E-state index in [1.165, 1.54) is 6.33 Å². The Hall–Kier alpha value is -1.89. The first-order valence-electron chi connectivity index (χ1n) is 5.85. The zero-order valence-corrected chi connectivity index (χ0v) is 9.85. The molecule has 1 aliphatic heterocycles. The highest BCUT2D eigenvalue weighted by Gasteiger charge is 2.24. The lowest BCUT2D eigenvalue weighted by atomic mass is 9.99. The van der Waals surface area contributed by atoms with E-state index in [0.717, 1.165) is 13.1 Å². The minimum absolute atomic E-state index is 0.212. The third-order valence-corrected chi connectivity index (χ3v) is 2.95. The molecule has 0 radical (unpaired) electrons. The van der Waals surface area contributed by atoms with E-state index in [1.807, 2.05) is 0 Å². The average molecular weight is 252 g/mol. The third-order valence-electron chi connectivity index (χ3n) is 2.95. The van der Waals surface area contributed by atoms with E-state index in [0.29, 0.717) is 18.0 Å². The van der Waals surface area contributed by atoms with Crippen LogP contribution in [0.5, 0.6) is 0 Å². The molecule has 18 heavy (non-hydrogen) atoms. The molecule has 0 aromatic carbocycles. The smallest absolute Gasteiger partial charge is 0.326 e. The van der Waals surface area contributed by atoms with Crippen molar-refractivity contribution in [3.63, 3.8) is 0 Å². The number of imidazole rings is 1. The van der Waals surface area contributed by atoms with E-state index in [2.05, 4.69) is 20.6 Å². The van der Waals surface area contributed by atoms with Crippen molar-refractivity contribution in [2.24, 2.45) is 5.92 Å². The van der Waals surface area contributed by atoms with Gasteiger partial charge in [-0.15, -0.1) is 0 Å². The van der Waals surface area contributed by atoms with Crippen LogP contribution in [0.2, 0.25) is 0 Å². The van der Waals surface area contributed by atoms with Crippen LogP contribution in [-0.2, 0) is 16.0 Å². The largest absolute Gasteiger partial charge is 0.480 e. The van der Waals surface area contributed by atoms with Gasteiger partial charge in [0.1, 0.15) is 6.04 Å². The Morgan fingerprint density at radius 1 is 1.56 bits per heavy atom. The van der Waals surface area contributed by atoms with Gasteiger partial charge in [0.25, 0.3) is 0 Å². The van der Waals surface area contributed by atoms with Gasteiger partial charge >= 0.3 is 5.97 Å². The Bertz CT molecular complexity index is 414. The molecule has 1 aromatic heterocycles. The molecule has 7 heteroatoms. The number of aromatic amines is 1. The number of hydrogen-bond donors (Lipinski definition) is 4. The maximum absolute atomic E-state index is 11.7. The second-order valence-corrected chi connectivity index (χ2v) is 4.47. The van der Waals surface area contributed by atoms with Gasteiger partial charge in [0.2, 0.25) is 5.91 Å². The number of carboxylic acids is 1. The fourth-order valence-corrected chi connectivity index (χ4v) is 1.82. The van der Waals surface area contributed by atoms with Gasteiger partial charge in [-0.05, 0) is 19.0 Å². The number of hydrogen-bond acceptors (Lipinski definition) is 4. The molecule has 1 atom stereocenters.